The van der Waals surface area contributed by atoms with E-state index < -0.39 is 0 Å². The van der Waals surface area contributed by atoms with Crippen LogP contribution in [0.5, 0.6) is 0 Å². The zero-order valence-electron chi connectivity index (χ0n) is 11.5. The molecule has 2 rings (SSSR count). The highest BCUT2D eigenvalue weighted by Crippen LogP contribution is 2.46. The molecule has 0 saturated heterocycles. The summed E-state index contributed by atoms with van der Waals surface area (Å²) in [6, 6.07) is 0. The number of aryl methyl sites for hydroxylation is 1. The van der Waals surface area contributed by atoms with Crippen molar-refractivity contribution >= 4 is 11.3 Å². The van der Waals surface area contributed by atoms with Gasteiger partial charge in [-0.05, 0) is 38.1 Å². The Morgan fingerprint density at radius 3 is 2.71 bits per heavy atom. The lowest BCUT2D eigenvalue weighted by Crippen LogP contribution is -2.48. The predicted molar refractivity (Wildman–Crippen MR) is 74.5 cm³/mol. The Morgan fingerprint density at radius 1 is 1.41 bits per heavy atom. The molecule has 3 heteroatoms. The average Bonchev–Trinajstić information content (AvgIpc) is 2.64. The fraction of sp³-hybridized carbons (Fsp3) is 0.786. The van der Waals surface area contributed by atoms with E-state index in [0.29, 0.717) is 5.41 Å². The van der Waals surface area contributed by atoms with Gasteiger partial charge in [0.15, 0.2) is 0 Å². The number of nitrogens with one attached hydrogen (secondary N) is 1. The highest BCUT2D eigenvalue weighted by Gasteiger charge is 2.42. The van der Waals surface area contributed by atoms with Gasteiger partial charge in [-0.25, -0.2) is 4.98 Å². The molecule has 0 amide bonds. The standard InChI is InChI=1S/C14H24N2S/c1-5-15-14(12-16-11(2)9-17-12)8-6-7-13(3,4)10-14/h9,15H,5-8,10H2,1-4H3. The Bertz CT molecular complexity index is 379. The maximum Gasteiger partial charge on any atom is 0.113 e. The molecule has 0 aliphatic heterocycles. The molecule has 1 saturated carbocycles. The number of hydrogen-bond donors (Lipinski definition) is 1. The number of thiazole rings is 1. The van der Waals surface area contributed by atoms with Crippen LogP contribution in [0.25, 0.3) is 0 Å². The van der Waals surface area contributed by atoms with Gasteiger partial charge in [0.2, 0.25) is 0 Å². The van der Waals surface area contributed by atoms with Gasteiger partial charge in [0.05, 0.1) is 5.54 Å². The van der Waals surface area contributed by atoms with Crippen LogP contribution in [0.4, 0.5) is 0 Å². The molecule has 0 bridgehead atoms. The minimum absolute atomic E-state index is 0.134. The van der Waals surface area contributed by atoms with Crippen molar-refractivity contribution in [3.8, 4) is 0 Å². The first kappa shape index (κ1) is 13.0. The van der Waals surface area contributed by atoms with E-state index in [1.54, 1.807) is 0 Å². The van der Waals surface area contributed by atoms with Gasteiger partial charge in [0.25, 0.3) is 0 Å². The molecule has 96 valence electrons. The molecule has 17 heavy (non-hydrogen) atoms. The summed E-state index contributed by atoms with van der Waals surface area (Å²) in [7, 11) is 0. The summed E-state index contributed by atoms with van der Waals surface area (Å²) in [6.45, 7) is 10.1. The van der Waals surface area contributed by atoms with Crippen LogP contribution in [0, 0.1) is 12.3 Å². The number of aromatic nitrogens is 1. The summed E-state index contributed by atoms with van der Waals surface area (Å²) in [6.07, 6.45) is 5.08. The molecular weight excluding hydrogens is 228 g/mol. The predicted octanol–water partition coefficient (Wildman–Crippen LogP) is 3.86. The van der Waals surface area contributed by atoms with Crippen molar-refractivity contribution in [2.45, 2.75) is 58.9 Å². The molecule has 1 unspecified atom stereocenters. The third-order valence-corrected chi connectivity index (χ3v) is 4.95. The monoisotopic (exact) mass is 252 g/mol. The van der Waals surface area contributed by atoms with Crippen LogP contribution < -0.4 is 5.32 Å². The molecule has 1 N–H and O–H groups in total. The molecule has 1 fully saturated rings. The Kier molecular flexibility index (Phi) is 3.60. The van der Waals surface area contributed by atoms with Crippen LogP contribution in [-0.2, 0) is 5.54 Å². The lowest BCUT2D eigenvalue weighted by atomic mass is 9.68. The van der Waals surface area contributed by atoms with Gasteiger partial charge in [0, 0.05) is 11.1 Å². The van der Waals surface area contributed by atoms with E-state index >= 15 is 0 Å². The lowest BCUT2D eigenvalue weighted by Gasteiger charge is -2.44. The molecule has 0 spiro atoms. The molecule has 0 aromatic carbocycles. The Balaban J connectivity index is 2.32. The van der Waals surface area contributed by atoms with Crippen molar-refractivity contribution in [3.05, 3.63) is 16.1 Å². The molecule has 1 aliphatic carbocycles. The van der Waals surface area contributed by atoms with Gasteiger partial charge in [-0.2, -0.15) is 0 Å². The summed E-state index contributed by atoms with van der Waals surface area (Å²) in [5.41, 5.74) is 1.72. The van der Waals surface area contributed by atoms with Gasteiger partial charge in [-0.15, -0.1) is 11.3 Å². The smallest absolute Gasteiger partial charge is 0.113 e. The zero-order chi connectivity index (χ0) is 12.5. The summed E-state index contributed by atoms with van der Waals surface area (Å²) in [4.78, 5) is 4.75. The Labute approximate surface area is 109 Å². The van der Waals surface area contributed by atoms with Gasteiger partial charge in [-0.1, -0.05) is 27.2 Å². The van der Waals surface area contributed by atoms with Gasteiger partial charge >= 0.3 is 0 Å². The first-order valence-corrected chi connectivity index (χ1v) is 7.53. The fourth-order valence-corrected chi connectivity index (χ4v) is 4.19. The third kappa shape index (κ3) is 2.71. The first-order chi connectivity index (χ1) is 7.97. The van der Waals surface area contributed by atoms with Crippen LogP contribution in [0.3, 0.4) is 0 Å². The molecule has 1 aromatic rings. The summed E-state index contributed by atoms with van der Waals surface area (Å²) >= 11 is 1.82. The molecule has 1 atom stereocenters. The van der Waals surface area contributed by atoms with Crippen molar-refractivity contribution in [3.63, 3.8) is 0 Å². The molecular formula is C14H24N2S. The number of rotatable bonds is 3. The Hall–Kier alpha value is -0.410. The van der Waals surface area contributed by atoms with E-state index in [2.05, 4.69) is 38.4 Å². The van der Waals surface area contributed by atoms with Crippen molar-refractivity contribution in [2.24, 2.45) is 5.41 Å². The van der Waals surface area contributed by atoms with Gasteiger partial charge in [0.1, 0.15) is 5.01 Å². The van der Waals surface area contributed by atoms with Crippen LogP contribution in [0.2, 0.25) is 0 Å². The molecule has 1 aliphatic rings. The minimum atomic E-state index is 0.134. The van der Waals surface area contributed by atoms with Crippen LogP contribution in [0.1, 0.15) is 57.2 Å². The Morgan fingerprint density at radius 2 is 2.18 bits per heavy atom. The van der Waals surface area contributed by atoms with Crippen LogP contribution in [-0.4, -0.2) is 11.5 Å². The second kappa shape index (κ2) is 4.69. The van der Waals surface area contributed by atoms with Crippen molar-refractivity contribution < 1.29 is 0 Å². The average molecular weight is 252 g/mol. The van der Waals surface area contributed by atoms with Crippen LogP contribution >= 0.6 is 11.3 Å². The third-order valence-electron chi connectivity index (χ3n) is 3.78. The molecule has 0 radical (unpaired) electrons. The number of nitrogens with zero attached hydrogens (tertiary/aromatic N) is 1. The lowest BCUT2D eigenvalue weighted by molar-refractivity contribution is 0.119. The quantitative estimate of drug-likeness (QED) is 0.883. The van der Waals surface area contributed by atoms with E-state index in [0.717, 1.165) is 12.2 Å². The van der Waals surface area contributed by atoms with Crippen LogP contribution in [0.15, 0.2) is 5.38 Å². The van der Waals surface area contributed by atoms with E-state index in [4.69, 9.17) is 4.98 Å². The van der Waals surface area contributed by atoms with Gasteiger partial charge in [-0.3, -0.25) is 0 Å². The highest BCUT2D eigenvalue weighted by molar-refractivity contribution is 7.09. The fourth-order valence-electron chi connectivity index (χ4n) is 3.18. The normalized spacial score (nSPS) is 28.2. The molecule has 2 nitrogen and oxygen atoms in total. The molecule has 1 aromatic heterocycles. The van der Waals surface area contributed by atoms with E-state index in [1.807, 2.05) is 11.3 Å². The van der Waals surface area contributed by atoms with Crippen molar-refractivity contribution in [1.82, 2.24) is 10.3 Å². The van der Waals surface area contributed by atoms with E-state index in [1.165, 1.54) is 30.7 Å². The first-order valence-electron chi connectivity index (χ1n) is 6.65. The SMILES string of the molecule is CCNC1(c2nc(C)cs2)CCCC(C)(C)C1. The highest BCUT2D eigenvalue weighted by atomic mass is 32.1. The maximum atomic E-state index is 4.75. The van der Waals surface area contributed by atoms with E-state index in [-0.39, 0.29) is 5.54 Å². The van der Waals surface area contributed by atoms with Crippen molar-refractivity contribution in [2.75, 3.05) is 6.54 Å². The second-order valence-corrected chi connectivity index (χ2v) is 6.96. The van der Waals surface area contributed by atoms with E-state index in [9.17, 15) is 0 Å². The zero-order valence-corrected chi connectivity index (χ0v) is 12.3. The minimum Gasteiger partial charge on any atom is -0.306 e. The second-order valence-electron chi connectivity index (χ2n) is 6.10. The summed E-state index contributed by atoms with van der Waals surface area (Å²) in [5.74, 6) is 0. The topological polar surface area (TPSA) is 24.9 Å². The molecule has 1 heterocycles. The van der Waals surface area contributed by atoms with Gasteiger partial charge < -0.3 is 5.32 Å². The van der Waals surface area contributed by atoms with Crippen molar-refractivity contribution in [1.29, 1.82) is 0 Å². The summed E-state index contributed by atoms with van der Waals surface area (Å²) in [5, 5.41) is 7.20. The maximum absolute atomic E-state index is 4.75. The number of hydrogen-bond acceptors (Lipinski definition) is 3. The largest absolute Gasteiger partial charge is 0.306 e. The summed E-state index contributed by atoms with van der Waals surface area (Å²) < 4.78 is 0.